The number of aryl methyl sites for hydroxylation is 1. The van der Waals surface area contributed by atoms with E-state index in [1.165, 1.54) is 0 Å². The van der Waals surface area contributed by atoms with E-state index in [4.69, 9.17) is 14.2 Å². The summed E-state index contributed by atoms with van der Waals surface area (Å²) in [4.78, 5) is 8.54. The minimum Gasteiger partial charge on any atom is -0.463 e. The second-order valence-corrected chi connectivity index (χ2v) is 4.35. The Balaban J connectivity index is 2.22. The third-order valence-electron chi connectivity index (χ3n) is 2.72. The lowest BCUT2D eigenvalue weighted by Gasteiger charge is -2.08. The van der Waals surface area contributed by atoms with Crippen LogP contribution in [0.2, 0.25) is 0 Å². The van der Waals surface area contributed by atoms with Crippen LogP contribution >= 0.6 is 0 Å². The average Bonchev–Trinajstić information content (AvgIpc) is 2.45. The van der Waals surface area contributed by atoms with E-state index in [1.54, 1.807) is 7.11 Å². The van der Waals surface area contributed by atoms with Crippen LogP contribution in [0.3, 0.4) is 0 Å². The summed E-state index contributed by atoms with van der Waals surface area (Å²) in [6, 6.07) is 0.430. The quantitative estimate of drug-likeness (QED) is 0.618. The molecule has 0 radical (unpaired) electrons. The van der Waals surface area contributed by atoms with Crippen molar-refractivity contribution in [3.05, 3.63) is 17.5 Å². The summed E-state index contributed by atoms with van der Waals surface area (Å²) in [6.07, 6.45) is 2.63. The molecule has 6 nitrogen and oxygen atoms in total. The minimum atomic E-state index is 0.430. The summed E-state index contributed by atoms with van der Waals surface area (Å²) in [7, 11) is 1.66. The molecule has 0 amide bonds. The summed E-state index contributed by atoms with van der Waals surface area (Å²) in [5.74, 6) is 0. The van der Waals surface area contributed by atoms with Crippen molar-refractivity contribution in [2.75, 3.05) is 40.1 Å². The topological polar surface area (TPSA) is 65.5 Å². The van der Waals surface area contributed by atoms with Crippen molar-refractivity contribution in [3.8, 4) is 6.01 Å². The van der Waals surface area contributed by atoms with E-state index in [1.807, 2.05) is 13.1 Å². The zero-order valence-electron chi connectivity index (χ0n) is 12.6. The third-order valence-corrected chi connectivity index (χ3v) is 2.72. The Kier molecular flexibility index (Phi) is 8.86. The van der Waals surface area contributed by atoms with Crippen LogP contribution in [-0.2, 0) is 16.0 Å². The van der Waals surface area contributed by atoms with Gasteiger partial charge in [-0.15, -0.1) is 0 Å². The molecule has 0 saturated heterocycles. The highest BCUT2D eigenvalue weighted by Crippen LogP contribution is 2.08. The van der Waals surface area contributed by atoms with Crippen molar-refractivity contribution in [2.45, 2.75) is 26.8 Å². The van der Waals surface area contributed by atoms with Crippen molar-refractivity contribution in [1.29, 1.82) is 0 Å². The SMILES string of the molecule is CCNCc1cnc(OCCCOCCOC)nc1C. The zero-order chi connectivity index (χ0) is 14.6. The number of nitrogens with one attached hydrogen (secondary N) is 1. The first kappa shape index (κ1) is 16.8. The molecule has 1 heterocycles. The van der Waals surface area contributed by atoms with Gasteiger partial charge >= 0.3 is 6.01 Å². The fourth-order valence-corrected chi connectivity index (χ4v) is 1.54. The van der Waals surface area contributed by atoms with E-state index in [0.717, 1.165) is 30.8 Å². The number of nitrogens with zero attached hydrogens (tertiary/aromatic N) is 2. The zero-order valence-corrected chi connectivity index (χ0v) is 12.6. The van der Waals surface area contributed by atoms with Gasteiger partial charge in [-0.1, -0.05) is 6.92 Å². The lowest BCUT2D eigenvalue weighted by molar-refractivity contribution is 0.0639. The molecule has 0 aliphatic rings. The highest BCUT2D eigenvalue weighted by molar-refractivity contribution is 5.17. The van der Waals surface area contributed by atoms with Gasteiger partial charge in [-0.3, -0.25) is 0 Å². The number of aromatic nitrogens is 2. The molecular formula is C14H25N3O3. The third kappa shape index (κ3) is 6.79. The van der Waals surface area contributed by atoms with E-state index in [-0.39, 0.29) is 0 Å². The van der Waals surface area contributed by atoms with Crippen molar-refractivity contribution >= 4 is 0 Å². The van der Waals surface area contributed by atoms with Gasteiger partial charge in [-0.05, 0) is 13.5 Å². The first-order valence-electron chi connectivity index (χ1n) is 7.00. The number of hydrogen-bond acceptors (Lipinski definition) is 6. The van der Waals surface area contributed by atoms with Gasteiger partial charge in [0.05, 0.1) is 19.8 Å². The Morgan fingerprint density at radius 2 is 2.05 bits per heavy atom. The second-order valence-electron chi connectivity index (χ2n) is 4.35. The normalized spacial score (nSPS) is 10.8. The summed E-state index contributed by atoms with van der Waals surface area (Å²) in [6.45, 7) is 8.20. The highest BCUT2D eigenvalue weighted by atomic mass is 16.5. The summed E-state index contributed by atoms with van der Waals surface area (Å²) in [5.41, 5.74) is 2.05. The molecule has 0 bridgehead atoms. The fraction of sp³-hybridized carbons (Fsp3) is 0.714. The van der Waals surface area contributed by atoms with Crippen LogP contribution in [0.25, 0.3) is 0 Å². The molecule has 0 aliphatic heterocycles. The van der Waals surface area contributed by atoms with Gasteiger partial charge in [-0.2, -0.15) is 0 Å². The smallest absolute Gasteiger partial charge is 0.316 e. The monoisotopic (exact) mass is 283 g/mol. The summed E-state index contributed by atoms with van der Waals surface area (Å²) >= 11 is 0. The molecule has 0 aromatic carbocycles. The largest absolute Gasteiger partial charge is 0.463 e. The standard InChI is InChI=1S/C14H25N3O3/c1-4-15-10-13-11-16-14(17-12(13)2)20-7-5-6-19-9-8-18-3/h11,15H,4-10H2,1-3H3. The van der Waals surface area contributed by atoms with Gasteiger partial charge < -0.3 is 19.5 Å². The van der Waals surface area contributed by atoms with Gasteiger partial charge in [0.15, 0.2) is 0 Å². The van der Waals surface area contributed by atoms with E-state index in [2.05, 4.69) is 22.2 Å². The predicted octanol–water partition coefficient (Wildman–Crippen LogP) is 1.33. The Hall–Kier alpha value is -1.24. The van der Waals surface area contributed by atoms with Crippen LogP contribution in [-0.4, -0.2) is 50.1 Å². The van der Waals surface area contributed by atoms with E-state index in [0.29, 0.717) is 32.4 Å². The van der Waals surface area contributed by atoms with Crippen molar-refractivity contribution in [2.24, 2.45) is 0 Å². The Morgan fingerprint density at radius 3 is 2.75 bits per heavy atom. The molecule has 1 rings (SSSR count). The molecule has 0 aliphatic carbocycles. The predicted molar refractivity (Wildman–Crippen MR) is 77.0 cm³/mol. The van der Waals surface area contributed by atoms with E-state index in [9.17, 15) is 0 Å². The molecule has 1 N–H and O–H groups in total. The lowest BCUT2D eigenvalue weighted by atomic mass is 10.2. The highest BCUT2D eigenvalue weighted by Gasteiger charge is 2.03. The molecule has 1 aromatic rings. The maximum absolute atomic E-state index is 5.50. The number of ether oxygens (including phenoxy) is 3. The fourth-order valence-electron chi connectivity index (χ4n) is 1.54. The summed E-state index contributed by atoms with van der Waals surface area (Å²) in [5, 5.41) is 3.25. The Labute approximate surface area is 120 Å². The Bertz CT molecular complexity index is 375. The van der Waals surface area contributed by atoms with Gasteiger partial charge in [0.2, 0.25) is 0 Å². The van der Waals surface area contributed by atoms with E-state index >= 15 is 0 Å². The van der Waals surface area contributed by atoms with Crippen LogP contribution < -0.4 is 10.1 Å². The van der Waals surface area contributed by atoms with Gasteiger partial charge in [0.25, 0.3) is 0 Å². The summed E-state index contributed by atoms with van der Waals surface area (Å²) < 4.78 is 15.7. The Morgan fingerprint density at radius 1 is 1.20 bits per heavy atom. The molecule has 0 saturated carbocycles. The van der Waals surface area contributed by atoms with Gasteiger partial charge in [-0.25, -0.2) is 9.97 Å². The molecule has 0 unspecified atom stereocenters. The number of rotatable bonds is 11. The molecule has 0 spiro atoms. The molecule has 0 atom stereocenters. The van der Waals surface area contributed by atoms with Crippen molar-refractivity contribution in [3.63, 3.8) is 0 Å². The van der Waals surface area contributed by atoms with Gasteiger partial charge in [0.1, 0.15) is 0 Å². The second kappa shape index (κ2) is 10.5. The molecule has 1 aromatic heterocycles. The van der Waals surface area contributed by atoms with Crippen molar-refractivity contribution in [1.82, 2.24) is 15.3 Å². The molecule has 6 heteroatoms. The van der Waals surface area contributed by atoms with Crippen molar-refractivity contribution < 1.29 is 14.2 Å². The van der Waals surface area contributed by atoms with Crippen LogP contribution in [0.5, 0.6) is 6.01 Å². The maximum atomic E-state index is 5.50. The number of methoxy groups -OCH3 is 1. The van der Waals surface area contributed by atoms with Crippen LogP contribution in [0, 0.1) is 6.92 Å². The first-order chi connectivity index (χ1) is 9.77. The average molecular weight is 283 g/mol. The molecule has 0 fully saturated rings. The maximum Gasteiger partial charge on any atom is 0.316 e. The van der Waals surface area contributed by atoms with E-state index < -0.39 is 0 Å². The minimum absolute atomic E-state index is 0.430. The van der Waals surface area contributed by atoms with Gasteiger partial charge in [0, 0.05) is 44.1 Å². The van der Waals surface area contributed by atoms with Crippen LogP contribution in [0.1, 0.15) is 24.6 Å². The number of hydrogen-bond donors (Lipinski definition) is 1. The van der Waals surface area contributed by atoms with Crippen LogP contribution in [0.4, 0.5) is 0 Å². The lowest BCUT2D eigenvalue weighted by Crippen LogP contribution is -2.14. The molecule has 114 valence electrons. The van der Waals surface area contributed by atoms with Crippen LogP contribution in [0.15, 0.2) is 6.20 Å². The molecule has 20 heavy (non-hydrogen) atoms. The molecular weight excluding hydrogens is 258 g/mol. The first-order valence-corrected chi connectivity index (χ1v) is 7.00.